The zero-order chi connectivity index (χ0) is 10.1. The second-order valence-corrected chi connectivity index (χ2v) is 4.88. The van der Waals surface area contributed by atoms with Gasteiger partial charge in [0.2, 0.25) is 0 Å². The topological polar surface area (TPSA) is 0 Å². The van der Waals surface area contributed by atoms with Crippen molar-refractivity contribution in [2.24, 2.45) is 0 Å². The predicted octanol–water partition coefficient (Wildman–Crippen LogP) is 4.86. The van der Waals surface area contributed by atoms with E-state index in [1.165, 1.54) is 17.4 Å². The van der Waals surface area contributed by atoms with E-state index in [1.807, 2.05) is 0 Å². The van der Waals surface area contributed by atoms with E-state index in [0.29, 0.717) is 14.9 Å². The fourth-order valence-electron chi connectivity index (χ4n) is 1.15. The highest BCUT2D eigenvalue weighted by Gasteiger charge is 2.07. The molecule has 0 N–H and O–H groups in total. The molecule has 0 aliphatic rings. The van der Waals surface area contributed by atoms with Crippen LogP contribution >= 0.6 is 34.5 Å². The molecule has 14 heavy (non-hydrogen) atoms. The third-order valence-corrected chi connectivity index (χ3v) is 3.27. The summed E-state index contributed by atoms with van der Waals surface area (Å²) in [6, 6.07) is 8.15. The predicted molar refractivity (Wildman–Crippen MR) is 59.7 cm³/mol. The molecule has 0 atom stereocenters. The molecule has 1 heterocycles. The Balaban J connectivity index is 2.52. The summed E-state index contributed by atoms with van der Waals surface area (Å²) in [5.41, 5.74) is 0.534. The van der Waals surface area contributed by atoms with E-state index in [2.05, 4.69) is 0 Å². The molecule has 0 fully saturated rings. The quantitative estimate of drug-likeness (QED) is 0.674. The Kier molecular flexibility index (Phi) is 2.77. The van der Waals surface area contributed by atoms with Crippen LogP contribution in [0.1, 0.15) is 0 Å². The van der Waals surface area contributed by atoms with E-state index in [9.17, 15) is 4.39 Å². The van der Waals surface area contributed by atoms with Gasteiger partial charge in [-0.1, -0.05) is 23.2 Å². The van der Waals surface area contributed by atoms with Crippen molar-refractivity contribution in [1.29, 1.82) is 0 Å². The molecule has 72 valence electrons. The van der Waals surface area contributed by atoms with Crippen LogP contribution in [-0.4, -0.2) is 0 Å². The molecule has 0 saturated heterocycles. The number of benzene rings is 1. The van der Waals surface area contributed by atoms with Crippen molar-refractivity contribution < 1.29 is 4.39 Å². The summed E-state index contributed by atoms with van der Waals surface area (Å²) in [4.78, 5) is 0.809. The highest BCUT2D eigenvalue weighted by molar-refractivity contribution is 7.19. The van der Waals surface area contributed by atoms with Gasteiger partial charge < -0.3 is 0 Å². The third kappa shape index (κ3) is 1.92. The SMILES string of the molecule is Fc1cc(Cl)ccc1-c1ccc(Cl)s1. The van der Waals surface area contributed by atoms with Gasteiger partial charge in [0.15, 0.2) is 0 Å². The number of hydrogen-bond acceptors (Lipinski definition) is 1. The molecule has 0 saturated carbocycles. The molecule has 0 bridgehead atoms. The fraction of sp³-hybridized carbons (Fsp3) is 0. The zero-order valence-electron chi connectivity index (χ0n) is 6.93. The van der Waals surface area contributed by atoms with E-state index in [0.717, 1.165) is 4.88 Å². The summed E-state index contributed by atoms with van der Waals surface area (Å²) in [6.07, 6.45) is 0. The second-order valence-electron chi connectivity index (χ2n) is 2.73. The van der Waals surface area contributed by atoms with Gasteiger partial charge >= 0.3 is 0 Å². The first-order chi connectivity index (χ1) is 6.66. The number of thiophene rings is 1. The minimum absolute atomic E-state index is 0.323. The first kappa shape index (κ1) is 9.97. The molecular weight excluding hydrogens is 242 g/mol. The normalized spacial score (nSPS) is 10.5. The average molecular weight is 247 g/mol. The standard InChI is InChI=1S/C10H5Cl2FS/c11-6-1-2-7(8(13)5-6)9-3-4-10(12)14-9/h1-5H. The minimum atomic E-state index is -0.323. The van der Waals surface area contributed by atoms with Crippen molar-refractivity contribution >= 4 is 34.5 Å². The van der Waals surface area contributed by atoms with Crippen molar-refractivity contribution in [1.82, 2.24) is 0 Å². The molecule has 4 heteroatoms. The molecule has 0 radical (unpaired) electrons. The van der Waals surface area contributed by atoms with E-state index in [1.54, 1.807) is 24.3 Å². The van der Waals surface area contributed by atoms with Crippen molar-refractivity contribution in [2.45, 2.75) is 0 Å². The molecule has 0 aliphatic carbocycles. The van der Waals surface area contributed by atoms with Crippen LogP contribution < -0.4 is 0 Å². The lowest BCUT2D eigenvalue weighted by Gasteiger charge is -1.99. The van der Waals surface area contributed by atoms with E-state index in [4.69, 9.17) is 23.2 Å². The van der Waals surface area contributed by atoms with Crippen LogP contribution in [0.5, 0.6) is 0 Å². The monoisotopic (exact) mass is 246 g/mol. The van der Waals surface area contributed by atoms with Crippen molar-refractivity contribution in [2.75, 3.05) is 0 Å². The summed E-state index contributed by atoms with van der Waals surface area (Å²) >= 11 is 12.8. The van der Waals surface area contributed by atoms with E-state index >= 15 is 0 Å². The summed E-state index contributed by atoms with van der Waals surface area (Å²) in [7, 11) is 0. The van der Waals surface area contributed by atoms with Crippen molar-refractivity contribution in [3.8, 4) is 10.4 Å². The third-order valence-electron chi connectivity index (χ3n) is 1.77. The van der Waals surface area contributed by atoms with Crippen LogP contribution in [0, 0.1) is 5.82 Å². The van der Waals surface area contributed by atoms with Crippen LogP contribution in [0.25, 0.3) is 10.4 Å². The minimum Gasteiger partial charge on any atom is -0.206 e. The molecule has 0 amide bonds. The van der Waals surface area contributed by atoms with Gasteiger partial charge in [-0.25, -0.2) is 4.39 Å². The Morgan fingerprint density at radius 3 is 2.43 bits per heavy atom. The summed E-state index contributed by atoms with van der Waals surface area (Å²) in [5, 5.41) is 0.397. The highest BCUT2D eigenvalue weighted by Crippen LogP contribution is 2.33. The zero-order valence-corrected chi connectivity index (χ0v) is 9.26. The van der Waals surface area contributed by atoms with Gasteiger partial charge in [0.1, 0.15) is 5.82 Å². The lowest BCUT2D eigenvalue weighted by Crippen LogP contribution is -1.80. The maximum absolute atomic E-state index is 13.4. The maximum Gasteiger partial charge on any atom is 0.133 e. The van der Waals surface area contributed by atoms with Gasteiger partial charge in [-0.3, -0.25) is 0 Å². The average Bonchev–Trinajstić information content (AvgIpc) is 2.51. The molecular formula is C10H5Cl2FS. The summed E-state index contributed by atoms with van der Waals surface area (Å²) in [6.45, 7) is 0. The number of hydrogen-bond donors (Lipinski definition) is 0. The van der Waals surface area contributed by atoms with Gasteiger partial charge in [0.05, 0.1) is 4.34 Å². The van der Waals surface area contributed by atoms with Crippen LogP contribution in [0.2, 0.25) is 9.36 Å². The first-order valence-electron chi connectivity index (χ1n) is 3.87. The molecule has 1 aromatic heterocycles. The number of rotatable bonds is 1. The summed E-state index contributed by atoms with van der Waals surface area (Å²) in [5.74, 6) is -0.323. The van der Waals surface area contributed by atoms with Gasteiger partial charge in [-0.05, 0) is 30.3 Å². The largest absolute Gasteiger partial charge is 0.206 e. The molecule has 1 aromatic carbocycles. The molecule has 0 spiro atoms. The number of halogens is 3. The smallest absolute Gasteiger partial charge is 0.133 e. The molecule has 0 unspecified atom stereocenters. The van der Waals surface area contributed by atoms with Crippen LogP contribution in [0.4, 0.5) is 4.39 Å². The Hall–Kier alpha value is -0.570. The molecule has 2 rings (SSSR count). The van der Waals surface area contributed by atoms with Crippen LogP contribution in [-0.2, 0) is 0 Å². The summed E-state index contributed by atoms with van der Waals surface area (Å²) < 4.78 is 14.1. The lowest BCUT2D eigenvalue weighted by molar-refractivity contribution is 0.632. The Labute approximate surface area is 94.9 Å². The van der Waals surface area contributed by atoms with Crippen LogP contribution in [0.15, 0.2) is 30.3 Å². The molecule has 0 nitrogen and oxygen atoms in total. The second kappa shape index (κ2) is 3.89. The van der Waals surface area contributed by atoms with Crippen LogP contribution in [0.3, 0.4) is 0 Å². The molecule has 2 aromatic rings. The van der Waals surface area contributed by atoms with Gasteiger partial charge in [0, 0.05) is 15.5 Å². The Morgan fingerprint density at radius 1 is 1.07 bits per heavy atom. The van der Waals surface area contributed by atoms with E-state index in [-0.39, 0.29) is 5.82 Å². The van der Waals surface area contributed by atoms with E-state index < -0.39 is 0 Å². The van der Waals surface area contributed by atoms with Crippen molar-refractivity contribution in [3.63, 3.8) is 0 Å². The first-order valence-corrected chi connectivity index (χ1v) is 5.45. The Bertz CT molecular complexity index is 465. The Morgan fingerprint density at radius 2 is 1.86 bits per heavy atom. The van der Waals surface area contributed by atoms with Gasteiger partial charge in [-0.2, -0.15) is 0 Å². The molecule has 0 aliphatic heterocycles. The maximum atomic E-state index is 13.4. The fourth-order valence-corrected chi connectivity index (χ4v) is 2.38. The van der Waals surface area contributed by atoms with Gasteiger partial charge in [-0.15, -0.1) is 11.3 Å². The van der Waals surface area contributed by atoms with Gasteiger partial charge in [0.25, 0.3) is 0 Å². The lowest BCUT2D eigenvalue weighted by atomic mass is 10.2. The van der Waals surface area contributed by atoms with Crippen molar-refractivity contribution in [3.05, 3.63) is 45.5 Å². The highest BCUT2D eigenvalue weighted by atomic mass is 35.5.